The van der Waals surface area contributed by atoms with Gasteiger partial charge in [0, 0.05) is 33.1 Å². The van der Waals surface area contributed by atoms with E-state index >= 15 is 0 Å². The van der Waals surface area contributed by atoms with Crippen LogP contribution in [0.5, 0.6) is 34.5 Å². The second-order valence-corrected chi connectivity index (χ2v) is 13.2. The molecule has 7 heteroatoms. The lowest BCUT2D eigenvalue weighted by atomic mass is 9.34. The second kappa shape index (κ2) is 11.3. The summed E-state index contributed by atoms with van der Waals surface area (Å²) in [6.07, 6.45) is 0. The quantitative estimate of drug-likeness (QED) is 0.171. The molecule has 11 rings (SSSR count). The average Bonchev–Trinajstić information content (AvgIpc) is 3.21. The fraction of sp³-hybridized carbons (Fsp3) is 0. The van der Waals surface area contributed by atoms with Gasteiger partial charge in [0.2, 0.25) is 0 Å². The molecule has 7 aromatic carbocycles. The van der Waals surface area contributed by atoms with Crippen molar-refractivity contribution in [1.82, 2.24) is 15.0 Å². The lowest BCUT2D eigenvalue weighted by molar-refractivity contribution is 0.443. The topological polar surface area (TPSA) is 66.4 Å². The molecule has 0 atom stereocenters. The monoisotopic (exact) mass is 667 g/mol. The zero-order valence-electron chi connectivity index (χ0n) is 27.7. The number of hydrogen-bond acceptors (Lipinski definition) is 6. The number of aromatic nitrogens is 3. The summed E-state index contributed by atoms with van der Waals surface area (Å²) in [6, 6.07) is 53.3. The molecule has 0 aliphatic carbocycles. The first-order valence-corrected chi connectivity index (χ1v) is 17.3. The number of rotatable bonds is 5. The van der Waals surface area contributed by atoms with Gasteiger partial charge in [-0.15, -0.1) is 0 Å². The van der Waals surface area contributed by atoms with Crippen LogP contribution in [0.3, 0.4) is 0 Å². The van der Waals surface area contributed by atoms with E-state index in [1.54, 1.807) is 0 Å². The third-order valence-electron chi connectivity index (χ3n) is 10.1. The second-order valence-electron chi connectivity index (χ2n) is 13.2. The number of nitrogens with zero attached hydrogens (tertiary/aromatic N) is 3. The van der Waals surface area contributed by atoms with Crippen LogP contribution in [-0.4, -0.2) is 21.7 Å². The van der Waals surface area contributed by atoms with E-state index in [0.717, 1.165) is 89.8 Å². The molecule has 1 aromatic heterocycles. The number of benzene rings is 7. The SMILES string of the molecule is c1ccc(-c2ccc(-c3nc(-c4ccccc4)nc(-c4cccc(-c5cc6c7c(c5)Oc5cccc8c5B7c5c(cccc5O6)O8)c4)n3)cc2)cc1. The van der Waals surface area contributed by atoms with Crippen LogP contribution >= 0.6 is 0 Å². The Hall–Kier alpha value is -6.99. The Morgan fingerprint density at radius 3 is 1.25 bits per heavy atom. The maximum atomic E-state index is 6.60. The van der Waals surface area contributed by atoms with Crippen molar-refractivity contribution in [3.05, 3.63) is 158 Å². The Morgan fingerprint density at radius 2 is 0.673 bits per heavy atom. The molecular formula is C45H26BN3O3. The number of ether oxygens (including phenoxy) is 3. The van der Waals surface area contributed by atoms with E-state index in [-0.39, 0.29) is 6.71 Å². The first kappa shape index (κ1) is 28.8. The van der Waals surface area contributed by atoms with Gasteiger partial charge in [-0.3, -0.25) is 0 Å². The van der Waals surface area contributed by atoms with Crippen LogP contribution in [-0.2, 0) is 0 Å². The maximum absolute atomic E-state index is 6.60. The van der Waals surface area contributed by atoms with E-state index < -0.39 is 0 Å². The lowest BCUT2D eigenvalue weighted by Gasteiger charge is -2.37. The smallest absolute Gasteiger partial charge is 0.270 e. The Morgan fingerprint density at radius 1 is 0.288 bits per heavy atom. The Kier molecular flexibility index (Phi) is 6.24. The molecule has 3 aliphatic heterocycles. The van der Waals surface area contributed by atoms with Gasteiger partial charge >= 0.3 is 0 Å². The molecule has 0 fully saturated rings. The molecule has 6 nitrogen and oxygen atoms in total. The van der Waals surface area contributed by atoms with Crippen LogP contribution in [0, 0.1) is 0 Å². The molecule has 8 aromatic rings. The van der Waals surface area contributed by atoms with Gasteiger partial charge in [-0.25, -0.2) is 15.0 Å². The molecule has 0 spiro atoms. The molecule has 0 unspecified atom stereocenters. The first-order chi connectivity index (χ1) is 25.7. The van der Waals surface area contributed by atoms with Crippen LogP contribution < -0.4 is 30.6 Å². The molecule has 4 heterocycles. The van der Waals surface area contributed by atoms with E-state index in [4.69, 9.17) is 29.2 Å². The summed E-state index contributed by atoms with van der Waals surface area (Å²) < 4.78 is 19.5. The van der Waals surface area contributed by atoms with Gasteiger partial charge in [0.1, 0.15) is 34.5 Å². The third-order valence-corrected chi connectivity index (χ3v) is 10.1. The van der Waals surface area contributed by atoms with E-state index in [9.17, 15) is 0 Å². The summed E-state index contributed by atoms with van der Waals surface area (Å²) in [6.45, 7) is -0.0270. The molecular weight excluding hydrogens is 641 g/mol. The van der Waals surface area contributed by atoms with E-state index in [0.29, 0.717) is 17.5 Å². The largest absolute Gasteiger partial charge is 0.458 e. The molecule has 0 radical (unpaired) electrons. The molecule has 52 heavy (non-hydrogen) atoms. The summed E-state index contributed by atoms with van der Waals surface area (Å²) in [5.74, 6) is 6.63. The fourth-order valence-electron chi connectivity index (χ4n) is 7.61. The van der Waals surface area contributed by atoms with Gasteiger partial charge in [-0.1, -0.05) is 115 Å². The average molecular weight is 668 g/mol. The number of hydrogen-bond donors (Lipinski definition) is 0. The van der Waals surface area contributed by atoms with Gasteiger partial charge in [0.05, 0.1) is 0 Å². The van der Waals surface area contributed by atoms with E-state index in [1.165, 1.54) is 0 Å². The fourth-order valence-corrected chi connectivity index (χ4v) is 7.61. The Labute approximate surface area is 300 Å². The van der Waals surface area contributed by atoms with E-state index in [1.807, 2.05) is 84.9 Å². The van der Waals surface area contributed by atoms with Crippen molar-refractivity contribution in [3.8, 4) is 90.9 Å². The standard InChI is InChI=1S/C45H26BN3O3/c1-3-10-27(11-4-1)28-20-22-30(23-21-28)44-47-43(29-12-5-2-6-13-29)48-45(49-44)32-15-7-14-31(24-32)33-25-38-42-39(26-33)52-37-19-9-17-35-41(37)46(42)40-34(50-35)16-8-18-36(40)51-38/h1-26H. The lowest BCUT2D eigenvalue weighted by Crippen LogP contribution is -2.59. The van der Waals surface area contributed by atoms with E-state index in [2.05, 4.69) is 72.8 Å². The van der Waals surface area contributed by atoms with Crippen molar-refractivity contribution >= 4 is 23.1 Å². The highest BCUT2D eigenvalue weighted by atomic mass is 16.5. The van der Waals surface area contributed by atoms with Crippen molar-refractivity contribution in [2.24, 2.45) is 0 Å². The van der Waals surface area contributed by atoms with Crippen LogP contribution in [0.4, 0.5) is 0 Å². The van der Waals surface area contributed by atoms with Crippen molar-refractivity contribution in [1.29, 1.82) is 0 Å². The highest BCUT2D eigenvalue weighted by molar-refractivity contribution is 6.99. The third kappa shape index (κ3) is 4.56. The van der Waals surface area contributed by atoms with Gasteiger partial charge in [0.25, 0.3) is 6.71 Å². The summed E-state index contributed by atoms with van der Waals surface area (Å²) in [4.78, 5) is 15.0. The summed E-state index contributed by atoms with van der Waals surface area (Å²) >= 11 is 0. The van der Waals surface area contributed by atoms with Crippen molar-refractivity contribution in [2.75, 3.05) is 0 Å². The normalized spacial score (nSPS) is 12.7. The zero-order chi connectivity index (χ0) is 34.2. The van der Waals surface area contributed by atoms with Crippen molar-refractivity contribution in [2.45, 2.75) is 0 Å². The van der Waals surface area contributed by atoms with Crippen LogP contribution in [0.2, 0.25) is 0 Å². The van der Waals surface area contributed by atoms with Gasteiger partial charge in [-0.2, -0.15) is 0 Å². The van der Waals surface area contributed by atoms with Gasteiger partial charge < -0.3 is 14.2 Å². The van der Waals surface area contributed by atoms with Crippen molar-refractivity contribution < 1.29 is 14.2 Å². The highest BCUT2D eigenvalue weighted by Crippen LogP contribution is 2.43. The van der Waals surface area contributed by atoms with Gasteiger partial charge in [0.15, 0.2) is 17.5 Å². The molecule has 0 amide bonds. The minimum absolute atomic E-state index is 0.0270. The van der Waals surface area contributed by atoms with Crippen LogP contribution in [0.1, 0.15) is 0 Å². The molecule has 0 saturated carbocycles. The first-order valence-electron chi connectivity index (χ1n) is 17.3. The van der Waals surface area contributed by atoms with Crippen molar-refractivity contribution in [3.63, 3.8) is 0 Å². The Bertz CT molecular complexity index is 2640. The molecule has 0 N–H and O–H groups in total. The van der Waals surface area contributed by atoms with Crippen LogP contribution in [0.15, 0.2) is 158 Å². The summed E-state index contributed by atoms with van der Waals surface area (Å²) in [5.41, 5.74) is 10.1. The van der Waals surface area contributed by atoms with Gasteiger partial charge in [-0.05, 0) is 64.7 Å². The maximum Gasteiger partial charge on any atom is 0.270 e. The molecule has 3 aliphatic rings. The Balaban J connectivity index is 1.02. The summed E-state index contributed by atoms with van der Waals surface area (Å²) in [5, 5.41) is 0. The summed E-state index contributed by atoms with van der Waals surface area (Å²) in [7, 11) is 0. The molecule has 0 bridgehead atoms. The zero-order valence-corrected chi connectivity index (χ0v) is 27.7. The molecule has 0 saturated heterocycles. The predicted octanol–water partition coefficient (Wildman–Crippen LogP) is 9.04. The minimum atomic E-state index is -0.0270. The highest BCUT2D eigenvalue weighted by Gasteiger charge is 2.46. The predicted molar refractivity (Wildman–Crippen MR) is 205 cm³/mol. The molecule has 242 valence electrons. The minimum Gasteiger partial charge on any atom is -0.458 e. The van der Waals surface area contributed by atoms with Crippen LogP contribution in [0.25, 0.3) is 56.4 Å².